The second-order valence-electron chi connectivity index (χ2n) is 10.4. The number of carbonyl (C=O) groups is 2. The molecule has 4 aromatic rings. The van der Waals surface area contributed by atoms with Crippen LogP contribution in [0.4, 0.5) is 20.3 Å². The van der Waals surface area contributed by atoms with Crippen molar-refractivity contribution < 1.29 is 23.1 Å². The van der Waals surface area contributed by atoms with Crippen LogP contribution in [0.3, 0.4) is 0 Å². The Morgan fingerprint density at radius 1 is 1.07 bits per heavy atom. The number of aryl methyl sites for hydroxylation is 1. The van der Waals surface area contributed by atoms with Crippen LogP contribution in [0, 0.1) is 29.9 Å². The Bertz CT molecular complexity index is 1720. The number of fused-ring (bicyclic) bond motifs is 1. The van der Waals surface area contributed by atoms with Crippen molar-refractivity contribution in [3.05, 3.63) is 71.7 Å². The van der Waals surface area contributed by atoms with Gasteiger partial charge in [-0.15, -0.1) is 0 Å². The summed E-state index contributed by atoms with van der Waals surface area (Å²) in [6, 6.07) is 9.69. The molecule has 222 valence electrons. The van der Waals surface area contributed by atoms with E-state index in [1.807, 2.05) is 32.0 Å². The van der Waals surface area contributed by atoms with Gasteiger partial charge in [0, 0.05) is 55.4 Å². The highest BCUT2D eigenvalue weighted by atomic mass is 19.2. The van der Waals surface area contributed by atoms with Crippen molar-refractivity contribution in [1.82, 2.24) is 29.1 Å². The highest BCUT2D eigenvalue weighted by Crippen LogP contribution is 2.32. The standard InChI is InChI=1S/C30H30F2N8O3/c1-19-16-20(4-5-21(19)30(42)39-13-11-38(12-14-39)25(41)18-37(2)3)36-28-29-35-17-23(40(29)10-9-34-28)22-6-7-24(43-15-8-33)27(32)26(22)31/h4-7,9-10,16-17H,11-15,18H2,1-3H3,(H,34,36). The molecule has 11 nitrogen and oxygen atoms in total. The first-order valence-corrected chi connectivity index (χ1v) is 13.6. The number of hydrogen-bond acceptors (Lipinski definition) is 8. The van der Waals surface area contributed by atoms with Gasteiger partial charge in [-0.25, -0.2) is 14.4 Å². The topological polar surface area (TPSA) is 119 Å². The van der Waals surface area contributed by atoms with Crippen LogP contribution >= 0.6 is 0 Å². The molecule has 2 aromatic carbocycles. The fourth-order valence-electron chi connectivity index (χ4n) is 4.98. The number of halogens is 2. The van der Waals surface area contributed by atoms with E-state index in [1.165, 1.54) is 24.5 Å². The lowest BCUT2D eigenvalue weighted by molar-refractivity contribution is -0.133. The normalized spacial score (nSPS) is 13.3. The van der Waals surface area contributed by atoms with Crippen molar-refractivity contribution in [3.8, 4) is 23.1 Å². The monoisotopic (exact) mass is 588 g/mol. The number of nitrogens with zero attached hydrogens (tertiary/aromatic N) is 7. The van der Waals surface area contributed by atoms with Gasteiger partial charge in [-0.2, -0.15) is 9.65 Å². The lowest BCUT2D eigenvalue weighted by Crippen LogP contribution is -2.52. The van der Waals surface area contributed by atoms with E-state index >= 15 is 0 Å². The Balaban J connectivity index is 1.31. The first-order chi connectivity index (χ1) is 20.7. The Morgan fingerprint density at radius 2 is 1.81 bits per heavy atom. The number of hydrogen-bond donors (Lipinski definition) is 1. The Hall–Kier alpha value is -5.09. The first kappa shape index (κ1) is 29.4. The number of nitrogens with one attached hydrogen (secondary N) is 1. The smallest absolute Gasteiger partial charge is 0.254 e. The molecule has 2 amide bonds. The van der Waals surface area contributed by atoms with Crippen LogP contribution in [0.1, 0.15) is 15.9 Å². The third-order valence-electron chi connectivity index (χ3n) is 7.13. The lowest BCUT2D eigenvalue weighted by atomic mass is 10.1. The molecular weight excluding hydrogens is 558 g/mol. The predicted octanol–water partition coefficient (Wildman–Crippen LogP) is 3.47. The number of anilines is 2. The number of nitriles is 1. The quantitative estimate of drug-likeness (QED) is 0.333. The number of ether oxygens (including phenoxy) is 1. The molecule has 1 aliphatic heterocycles. The molecule has 1 fully saturated rings. The minimum atomic E-state index is -1.19. The molecule has 43 heavy (non-hydrogen) atoms. The van der Waals surface area contributed by atoms with E-state index in [-0.39, 0.29) is 23.1 Å². The third kappa shape index (κ3) is 6.09. The Labute approximate surface area is 246 Å². The van der Waals surface area contributed by atoms with Gasteiger partial charge in [-0.05, 0) is 56.9 Å². The molecule has 1 saturated heterocycles. The maximum Gasteiger partial charge on any atom is 0.254 e. The van der Waals surface area contributed by atoms with Gasteiger partial charge in [0.25, 0.3) is 5.91 Å². The van der Waals surface area contributed by atoms with Crippen LogP contribution < -0.4 is 10.1 Å². The van der Waals surface area contributed by atoms with E-state index in [1.54, 1.807) is 38.6 Å². The van der Waals surface area contributed by atoms with E-state index in [2.05, 4.69) is 15.3 Å². The van der Waals surface area contributed by atoms with Crippen LogP contribution in [0.2, 0.25) is 0 Å². The summed E-state index contributed by atoms with van der Waals surface area (Å²) < 4.78 is 36.0. The van der Waals surface area contributed by atoms with Gasteiger partial charge in [0.15, 0.2) is 29.6 Å². The third-order valence-corrected chi connectivity index (χ3v) is 7.13. The summed E-state index contributed by atoms with van der Waals surface area (Å²) in [6.45, 7) is 3.70. The van der Waals surface area contributed by atoms with Crippen molar-refractivity contribution in [3.63, 3.8) is 0 Å². The van der Waals surface area contributed by atoms with Gasteiger partial charge in [0.2, 0.25) is 11.7 Å². The lowest BCUT2D eigenvalue weighted by Gasteiger charge is -2.35. The average Bonchev–Trinajstić information content (AvgIpc) is 3.42. The molecule has 0 saturated carbocycles. The van der Waals surface area contributed by atoms with Crippen LogP contribution in [0.25, 0.3) is 16.9 Å². The van der Waals surface area contributed by atoms with E-state index in [4.69, 9.17) is 10.00 Å². The van der Waals surface area contributed by atoms with E-state index < -0.39 is 18.2 Å². The molecule has 0 bridgehead atoms. The van der Waals surface area contributed by atoms with Crippen molar-refractivity contribution in [2.75, 3.05) is 58.7 Å². The van der Waals surface area contributed by atoms with Crippen LogP contribution in [-0.2, 0) is 4.79 Å². The summed E-state index contributed by atoms with van der Waals surface area (Å²) in [5, 5.41) is 11.9. The van der Waals surface area contributed by atoms with Gasteiger partial charge in [-0.3, -0.25) is 14.0 Å². The molecule has 0 atom stereocenters. The summed E-state index contributed by atoms with van der Waals surface area (Å²) in [6.07, 6.45) is 4.50. The summed E-state index contributed by atoms with van der Waals surface area (Å²) in [5.74, 6) is -2.34. The number of aromatic nitrogens is 3. The maximum absolute atomic E-state index is 14.9. The molecule has 1 N–H and O–H groups in total. The largest absolute Gasteiger partial charge is 0.476 e. The van der Waals surface area contributed by atoms with Gasteiger partial charge in [0.1, 0.15) is 6.07 Å². The number of piperazine rings is 1. The first-order valence-electron chi connectivity index (χ1n) is 13.6. The molecule has 5 rings (SSSR count). The number of imidazole rings is 1. The van der Waals surface area contributed by atoms with Gasteiger partial charge >= 0.3 is 0 Å². The zero-order chi connectivity index (χ0) is 30.7. The molecule has 1 aliphatic rings. The van der Waals surface area contributed by atoms with Crippen molar-refractivity contribution >= 4 is 29.0 Å². The number of amides is 2. The summed E-state index contributed by atoms with van der Waals surface area (Å²) >= 11 is 0. The molecule has 0 radical (unpaired) electrons. The minimum absolute atomic E-state index is 0.0342. The van der Waals surface area contributed by atoms with E-state index in [9.17, 15) is 18.4 Å². The van der Waals surface area contributed by atoms with Gasteiger partial charge < -0.3 is 24.8 Å². The average molecular weight is 589 g/mol. The second-order valence-corrected chi connectivity index (χ2v) is 10.4. The SMILES string of the molecule is Cc1cc(Nc2nccn3c(-c4ccc(OCC#N)c(F)c4F)cnc23)ccc1C(=O)N1CCN(C(=O)CN(C)C)CC1. The molecular formula is C30H30F2N8O3. The van der Waals surface area contributed by atoms with Crippen molar-refractivity contribution in [2.45, 2.75) is 6.92 Å². The number of carbonyl (C=O) groups excluding carboxylic acids is 2. The van der Waals surface area contributed by atoms with Crippen LogP contribution in [-0.4, -0.2) is 94.3 Å². The molecule has 0 aliphatic carbocycles. The van der Waals surface area contributed by atoms with Gasteiger partial charge in [-0.1, -0.05) is 0 Å². The summed E-state index contributed by atoms with van der Waals surface area (Å²) in [7, 11) is 3.70. The molecule has 0 spiro atoms. The fourth-order valence-corrected chi connectivity index (χ4v) is 4.98. The molecule has 3 heterocycles. The number of benzene rings is 2. The van der Waals surface area contributed by atoms with Gasteiger partial charge in [0.05, 0.1) is 18.4 Å². The van der Waals surface area contributed by atoms with Crippen LogP contribution in [0.15, 0.2) is 48.9 Å². The Kier molecular flexibility index (Phi) is 8.49. The predicted molar refractivity (Wildman–Crippen MR) is 155 cm³/mol. The van der Waals surface area contributed by atoms with E-state index in [0.29, 0.717) is 61.1 Å². The number of rotatable bonds is 8. The minimum Gasteiger partial charge on any atom is -0.476 e. The number of likely N-dealkylation sites (N-methyl/N-ethyl adjacent to an activating group) is 1. The van der Waals surface area contributed by atoms with Crippen LogP contribution in [0.5, 0.6) is 5.75 Å². The zero-order valence-electron chi connectivity index (χ0n) is 24.0. The molecule has 2 aromatic heterocycles. The second kappa shape index (κ2) is 12.4. The molecule has 0 unspecified atom stereocenters. The summed E-state index contributed by atoms with van der Waals surface area (Å²) in [4.78, 5) is 39.7. The fraction of sp³-hybridized carbons (Fsp3) is 0.300. The summed E-state index contributed by atoms with van der Waals surface area (Å²) in [5.41, 5.74) is 2.62. The zero-order valence-corrected chi connectivity index (χ0v) is 24.0. The molecule has 13 heteroatoms. The maximum atomic E-state index is 14.9. The Morgan fingerprint density at radius 3 is 2.51 bits per heavy atom. The van der Waals surface area contributed by atoms with Crippen molar-refractivity contribution in [2.24, 2.45) is 0 Å². The van der Waals surface area contributed by atoms with Crippen molar-refractivity contribution in [1.29, 1.82) is 5.26 Å². The highest BCUT2D eigenvalue weighted by Gasteiger charge is 2.26. The van der Waals surface area contributed by atoms with E-state index in [0.717, 1.165) is 5.56 Å². The highest BCUT2D eigenvalue weighted by molar-refractivity contribution is 5.96.